The van der Waals surface area contributed by atoms with Gasteiger partial charge in [-0.05, 0) is 13.0 Å². The van der Waals surface area contributed by atoms with Gasteiger partial charge < -0.3 is 9.84 Å². The minimum Gasteiger partial charge on any atom is -0.508 e. The molecule has 0 saturated carbocycles. The van der Waals surface area contributed by atoms with Crippen LogP contribution in [0.15, 0.2) is 47.4 Å². The molecule has 2 aliphatic rings. The summed E-state index contributed by atoms with van der Waals surface area (Å²) >= 11 is 0. The maximum atomic E-state index is 12.2. The van der Waals surface area contributed by atoms with Crippen LogP contribution in [0.4, 0.5) is 0 Å². The highest BCUT2D eigenvalue weighted by molar-refractivity contribution is 6.27. The average molecular weight is 242 g/mol. The zero-order chi connectivity index (χ0) is 12.9. The number of ether oxygens (including phenoxy) is 1. The normalized spacial score (nSPS) is 22.1. The Labute approximate surface area is 103 Å². The molecule has 1 unspecified atom stereocenters. The molecule has 0 amide bonds. The molecule has 1 aromatic rings. The number of carbonyl (C=O) groups excluding carboxylic acids is 2. The summed E-state index contributed by atoms with van der Waals surface area (Å²) < 4.78 is 5.33. The van der Waals surface area contributed by atoms with E-state index in [4.69, 9.17) is 4.74 Å². The predicted octanol–water partition coefficient (Wildman–Crippen LogP) is 2.18. The number of carbonyl (C=O) groups is 2. The van der Waals surface area contributed by atoms with Crippen molar-refractivity contribution in [2.75, 3.05) is 0 Å². The third-order valence-electron chi connectivity index (χ3n) is 3.12. The molecule has 0 saturated heterocycles. The Hall–Kier alpha value is -2.36. The largest absolute Gasteiger partial charge is 0.508 e. The number of ketones is 2. The highest BCUT2D eigenvalue weighted by atomic mass is 16.5. The van der Waals surface area contributed by atoms with Gasteiger partial charge >= 0.3 is 0 Å². The van der Waals surface area contributed by atoms with Crippen LogP contribution in [-0.4, -0.2) is 22.8 Å². The minimum atomic E-state index is -0.606. The van der Waals surface area contributed by atoms with E-state index in [1.807, 2.05) is 0 Å². The van der Waals surface area contributed by atoms with Crippen LogP contribution in [0.5, 0.6) is 0 Å². The second kappa shape index (κ2) is 3.57. The van der Waals surface area contributed by atoms with Crippen LogP contribution in [0.1, 0.15) is 27.6 Å². The van der Waals surface area contributed by atoms with E-state index in [0.29, 0.717) is 11.1 Å². The zero-order valence-electron chi connectivity index (χ0n) is 9.64. The van der Waals surface area contributed by atoms with Crippen LogP contribution in [0.2, 0.25) is 0 Å². The number of fused-ring (bicyclic) bond motifs is 1. The first-order valence-corrected chi connectivity index (χ1v) is 5.59. The quantitative estimate of drug-likeness (QED) is 0.757. The van der Waals surface area contributed by atoms with Crippen molar-refractivity contribution in [2.45, 2.75) is 13.0 Å². The van der Waals surface area contributed by atoms with Gasteiger partial charge in [-0.3, -0.25) is 9.59 Å². The Balaban J connectivity index is 2.22. The van der Waals surface area contributed by atoms with Crippen molar-refractivity contribution in [2.24, 2.45) is 0 Å². The Kier molecular flexibility index (Phi) is 2.13. The van der Waals surface area contributed by atoms with Crippen molar-refractivity contribution in [3.8, 4) is 0 Å². The van der Waals surface area contributed by atoms with E-state index in [2.05, 4.69) is 0 Å². The monoisotopic (exact) mass is 242 g/mol. The minimum absolute atomic E-state index is 0.0315. The van der Waals surface area contributed by atoms with E-state index in [9.17, 15) is 14.7 Å². The van der Waals surface area contributed by atoms with Crippen molar-refractivity contribution in [3.05, 3.63) is 58.6 Å². The number of hydrogen-bond acceptors (Lipinski definition) is 4. The molecule has 0 spiro atoms. The second-order valence-electron chi connectivity index (χ2n) is 4.28. The van der Waals surface area contributed by atoms with Gasteiger partial charge in [0.05, 0.1) is 5.57 Å². The molecule has 1 atom stereocenters. The second-order valence-corrected chi connectivity index (χ2v) is 4.28. The molecule has 4 heteroatoms. The van der Waals surface area contributed by atoms with Crippen LogP contribution < -0.4 is 0 Å². The highest BCUT2D eigenvalue weighted by Gasteiger charge is 2.36. The Bertz CT molecular complexity index is 637. The van der Waals surface area contributed by atoms with Crippen LogP contribution in [-0.2, 0) is 4.74 Å². The van der Waals surface area contributed by atoms with Crippen molar-refractivity contribution >= 4 is 11.6 Å². The fourth-order valence-corrected chi connectivity index (χ4v) is 2.12. The molecule has 1 heterocycles. The van der Waals surface area contributed by atoms with E-state index in [1.165, 1.54) is 6.08 Å². The summed E-state index contributed by atoms with van der Waals surface area (Å²) in [6.45, 7) is 1.62. The van der Waals surface area contributed by atoms with Crippen LogP contribution in [0.3, 0.4) is 0 Å². The van der Waals surface area contributed by atoms with Crippen molar-refractivity contribution < 1.29 is 19.4 Å². The van der Waals surface area contributed by atoms with Gasteiger partial charge in [0.15, 0.2) is 17.6 Å². The maximum Gasteiger partial charge on any atom is 0.229 e. The number of aliphatic hydroxyl groups is 1. The molecule has 1 aliphatic carbocycles. The summed E-state index contributed by atoms with van der Waals surface area (Å²) in [5.41, 5.74) is 0.834. The smallest absolute Gasteiger partial charge is 0.229 e. The molecule has 0 fully saturated rings. The van der Waals surface area contributed by atoms with Gasteiger partial charge in [-0.15, -0.1) is 0 Å². The van der Waals surface area contributed by atoms with Gasteiger partial charge in [-0.1, -0.05) is 24.3 Å². The first kappa shape index (κ1) is 10.8. The molecule has 1 aliphatic heterocycles. The average Bonchev–Trinajstić information content (AvgIpc) is 2.38. The van der Waals surface area contributed by atoms with Gasteiger partial charge in [0.1, 0.15) is 5.76 Å². The molecular weight excluding hydrogens is 232 g/mol. The lowest BCUT2D eigenvalue weighted by Gasteiger charge is -2.26. The van der Waals surface area contributed by atoms with E-state index in [1.54, 1.807) is 31.2 Å². The van der Waals surface area contributed by atoms with E-state index >= 15 is 0 Å². The van der Waals surface area contributed by atoms with Gasteiger partial charge in [0.2, 0.25) is 5.78 Å². The third-order valence-corrected chi connectivity index (χ3v) is 3.12. The maximum absolute atomic E-state index is 12.2. The summed E-state index contributed by atoms with van der Waals surface area (Å²) in [5, 5.41) is 9.61. The molecule has 0 radical (unpaired) electrons. The van der Waals surface area contributed by atoms with Crippen molar-refractivity contribution in [1.82, 2.24) is 0 Å². The number of aliphatic hydroxyl groups excluding tert-OH is 1. The zero-order valence-corrected chi connectivity index (χ0v) is 9.64. The first-order valence-electron chi connectivity index (χ1n) is 5.59. The van der Waals surface area contributed by atoms with E-state index in [-0.39, 0.29) is 28.7 Å². The van der Waals surface area contributed by atoms with Crippen LogP contribution in [0, 0.1) is 0 Å². The molecule has 3 rings (SSSR count). The summed E-state index contributed by atoms with van der Waals surface area (Å²) in [6, 6.07) is 6.61. The first-order chi connectivity index (χ1) is 8.59. The number of benzene rings is 1. The number of allylic oxidation sites excluding steroid dienone is 3. The van der Waals surface area contributed by atoms with Gasteiger partial charge in [-0.2, -0.15) is 0 Å². The molecule has 90 valence electrons. The number of hydrogen-bond donors (Lipinski definition) is 1. The standard InChI is InChI=1S/C14H10O4/c1-7-11(15)6-10-12(16)8-4-2-3-5-9(8)13(17)14(10)18-7/h2-7,15H,1H3. The van der Waals surface area contributed by atoms with Gasteiger partial charge in [-0.25, -0.2) is 0 Å². The molecular formula is C14H10O4. The molecule has 1 aromatic carbocycles. The Morgan fingerprint density at radius 1 is 1.11 bits per heavy atom. The highest BCUT2D eigenvalue weighted by Crippen LogP contribution is 2.32. The summed E-state index contributed by atoms with van der Waals surface area (Å²) in [5.74, 6) is -0.618. The van der Waals surface area contributed by atoms with Crippen molar-refractivity contribution in [1.29, 1.82) is 0 Å². The fourth-order valence-electron chi connectivity index (χ4n) is 2.12. The molecule has 0 bridgehead atoms. The molecule has 1 N–H and O–H groups in total. The molecule has 18 heavy (non-hydrogen) atoms. The Morgan fingerprint density at radius 2 is 1.72 bits per heavy atom. The number of Topliss-reactive ketones (excluding diaryl/α,β-unsaturated/α-hetero) is 2. The predicted molar refractivity (Wildman–Crippen MR) is 63.4 cm³/mol. The number of rotatable bonds is 0. The SMILES string of the molecule is CC1OC2=C(C=C1O)C(=O)c1ccccc1C2=O. The molecule has 4 nitrogen and oxygen atoms in total. The van der Waals surface area contributed by atoms with E-state index in [0.717, 1.165) is 0 Å². The summed E-state index contributed by atoms with van der Waals surface area (Å²) in [7, 11) is 0. The Morgan fingerprint density at radius 3 is 2.39 bits per heavy atom. The lowest BCUT2D eigenvalue weighted by atomic mass is 9.86. The summed E-state index contributed by atoms with van der Waals surface area (Å²) in [4.78, 5) is 24.4. The van der Waals surface area contributed by atoms with E-state index < -0.39 is 6.10 Å². The van der Waals surface area contributed by atoms with Gasteiger partial charge in [0.25, 0.3) is 0 Å². The summed E-state index contributed by atoms with van der Waals surface area (Å²) in [6.07, 6.45) is 0.713. The molecule has 0 aromatic heterocycles. The van der Waals surface area contributed by atoms with Gasteiger partial charge in [0, 0.05) is 11.1 Å². The van der Waals surface area contributed by atoms with Crippen LogP contribution in [0.25, 0.3) is 0 Å². The third kappa shape index (κ3) is 1.32. The topological polar surface area (TPSA) is 63.6 Å². The lowest BCUT2D eigenvalue weighted by Crippen LogP contribution is -2.29. The van der Waals surface area contributed by atoms with Crippen molar-refractivity contribution in [3.63, 3.8) is 0 Å². The lowest BCUT2D eigenvalue weighted by molar-refractivity contribution is 0.0724. The van der Waals surface area contributed by atoms with Crippen LogP contribution >= 0.6 is 0 Å². The fraction of sp³-hybridized carbons (Fsp3) is 0.143.